The molecule has 0 saturated carbocycles. The fourth-order valence-electron chi connectivity index (χ4n) is 4.56. The van der Waals surface area contributed by atoms with Gasteiger partial charge in [0.2, 0.25) is 15.9 Å². The molecule has 1 saturated heterocycles. The Morgan fingerprint density at radius 1 is 1.12 bits per heavy atom. The number of carbonyl (C=O) groups excluding carboxylic acids is 1. The summed E-state index contributed by atoms with van der Waals surface area (Å²) in [5.41, 5.74) is 1.47. The number of nitrogens with one attached hydrogen (secondary N) is 1. The van der Waals surface area contributed by atoms with Gasteiger partial charge in [-0.3, -0.25) is 9.36 Å². The molecule has 1 amide bonds. The average Bonchev–Trinajstić information content (AvgIpc) is 3.07. The second kappa shape index (κ2) is 9.15. The predicted octanol–water partition coefficient (Wildman–Crippen LogP) is 3.14. The maximum atomic E-state index is 13.2. The first-order valence-corrected chi connectivity index (χ1v) is 12.6. The quantitative estimate of drug-likeness (QED) is 0.595. The summed E-state index contributed by atoms with van der Waals surface area (Å²) in [7, 11) is -3.71. The average molecular weight is 472 g/mol. The van der Waals surface area contributed by atoms with Gasteiger partial charge >= 0.3 is 5.76 Å². The largest absolute Gasteiger partial charge is 0.420 e. The van der Waals surface area contributed by atoms with Crippen LogP contribution in [0.5, 0.6) is 0 Å². The first-order chi connectivity index (χ1) is 15.6. The molecule has 9 heteroatoms. The number of oxazole rings is 1. The highest BCUT2D eigenvalue weighted by molar-refractivity contribution is 7.89. The number of sulfonamides is 1. The number of piperidine rings is 1. The van der Waals surface area contributed by atoms with Gasteiger partial charge in [-0.2, -0.15) is 4.31 Å². The zero-order valence-corrected chi connectivity index (χ0v) is 19.8. The number of benzene rings is 2. The van der Waals surface area contributed by atoms with Gasteiger partial charge in [-0.05, 0) is 42.9 Å². The van der Waals surface area contributed by atoms with Crippen LogP contribution in [0.15, 0.2) is 62.6 Å². The Labute approximate surface area is 193 Å². The Hall–Kier alpha value is -2.91. The molecule has 176 valence electrons. The highest BCUT2D eigenvalue weighted by atomic mass is 32.2. The van der Waals surface area contributed by atoms with Crippen LogP contribution in [0.1, 0.15) is 38.8 Å². The van der Waals surface area contributed by atoms with E-state index in [0.717, 1.165) is 12.0 Å². The number of nitrogens with zero attached hydrogens (tertiary/aromatic N) is 2. The fraction of sp³-hybridized carbons (Fsp3) is 0.417. The van der Waals surface area contributed by atoms with Crippen molar-refractivity contribution in [2.75, 3.05) is 13.1 Å². The second-order valence-electron chi connectivity index (χ2n) is 9.05. The third-order valence-electron chi connectivity index (χ3n) is 6.09. The molecule has 0 spiro atoms. The van der Waals surface area contributed by atoms with E-state index >= 15 is 0 Å². The molecular formula is C24H29N3O5S. The van der Waals surface area contributed by atoms with Gasteiger partial charge in [0.15, 0.2) is 5.58 Å². The number of carbonyl (C=O) groups is 1. The van der Waals surface area contributed by atoms with Gasteiger partial charge < -0.3 is 9.73 Å². The molecule has 3 atom stereocenters. The van der Waals surface area contributed by atoms with Gasteiger partial charge in [-0.1, -0.05) is 44.2 Å². The SMILES string of the molecule is C[C@H]1C[C@H](C)CN(S(=O)(=O)c2ccc3c(c2)oc(=O)n3CC(=O)N[C@@H](C)c2ccccc2)C1. The maximum Gasteiger partial charge on any atom is 0.420 e. The van der Waals surface area contributed by atoms with Crippen molar-refractivity contribution < 1.29 is 17.6 Å². The van der Waals surface area contributed by atoms with E-state index in [1.165, 1.54) is 27.1 Å². The van der Waals surface area contributed by atoms with Gasteiger partial charge in [0, 0.05) is 19.2 Å². The van der Waals surface area contributed by atoms with Gasteiger partial charge in [0.05, 0.1) is 16.5 Å². The highest BCUT2D eigenvalue weighted by Gasteiger charge is 2.32. The van der Waals surface area contributed by atoms with Crippen molar-refractivity contribution in [2.24, 2.45) is 11.8 Å². The molecule has 0 radical (unpaired) electrons. The summed E-state index contributed by atoms with van der Waals surface area (Å²) >= 11 is 0. The summed E-state index contributed by atoms with van der Waals surface area (Å²) in [5.74, 6) is -0.488. The van der Waals surface area contributed by atoms with Crippen LogP contribution < -0.4 is 11.1 Å². The molecule has 33 heavy (non-hydrogen) atoms. The lowest BCUT2D eigenvalue weighted by molar-refractivity contribution is -0.122. The van der Waals surface area contributed by atoms with Crippen LogP contribution in [-0.4, -0.2) is 36.3 Å². The van der Waals surface area contributed by atoms with E-state index in [4.69, 9.17) is 4.42 Å². The van der Waals surface area contributed by atoms with Gasteiger partial charge in [-0.25, -0.2) is 13.2 Å². The van der Waals surface area contributed by atoms with E-state index in [-0.39, 0.29) is 40.8 Å². The summed E-state index contributed by atoms with van der Waals surface area (Å²) in [5, 5.41) is 2.87. The molecule has 3 aromatic rings. The van der Waals surface area contributed by atoms with E-state index in [0.29, 0.717) is 18.6 Å². The van der Waals surface area contributed by atoms with Crippen molar-refractivity contribution in [2.45, 2.75) is 44.7 Å². The van der Waals surface area contributed by atoms with E-state index in [2.05, 4.69) is 5.32 Å². The van der Waals surface area contributed by atoms with Crippen molar-refractivity contribution in [1.29, 1.82) is 0 Å². The number of hydrogen-bond donors (Lipinski definition) is 1. The zero-order chi connectivity index (χ0) is 23.8. The van der Waals surface area contributed by atoms with Crippen molar-refractivity contribution in [3.8, 4) is 0 Å². The Morgan fingerprint density at radius 3 is 2.45 bits per heavy atom. The van der Waals surface area contributed by atoms with E-state index in [9.17, 15) is 18.0 Å². The molecule has 8 nitrogen and oxygen atoms in total. The monoisotopic (exact) mass is 471 g/mol. The van der Waals surface area contributed by atoms with Crippen LogP contribution >= 0.6 is 0 Å². The first-order valence-electron chi connectivity index (χ1n) is 11.1. The number of aromatic nitrogens is 1. The number of fused-ring (bicyclic) bond motifs is 1. The Kier molecular flexibility index (Phi) is 6.45. The predicted molar refractivity (Wildman–Crippen MR) is 125 cm³/mol. The molecule has 1 N–H and O–H groups in total. The molecule has 2 aromatic carbocycles. The molecule has 0 bridgehead atoms. The summed E-state index contributed by atoms with van der Waals surface area (Å²) in [4.78, 5) is 25.1. The fourth-order valence-corrected chi connectivity index (χ4v) is 6.26. The zero-order valence-electron chi connectivity index (χ0n) is 19.0. The first kappa shape index (κ1) is 23.3. The van der Waals surface area contributed by atoms with Crippen LogP contribution in [0.2, 0.25) is 0 Å². The molecule has 1 aromatic heterocycles. The summed E-state index contributed by atoms with van der Waals surface area (Å²) in [6.45, 7) is 6.67. The second-order valence-corrected chi connectivity index (χ2v) is 11.0. The lowest BCUT2D eigenvalue weighted by atomic mass is 9.94. The standard InChI is InChI=1S/C24H29N3O5S/c1-16-11-17(2)14-26(13-16)33(30,31)20-9-10-21-22(12-20)32-24(29)27(21)15-23(28)25-18(3)19-7-5-4-6-8-19/h4-10,12,16-18H,11,13-15H2,1-3H3,(H,25,28)/t16-,17-,18-/m0/s1. The minimum absolute atomic E-state index is 0.0827. The van der Waals surface area contributed by atoms with Crippen molar-refractivity contribution in [3.63, 3.8) is 0 Å². The van der Waals surface area contributed by atoms with E-state index in [1.54, 1.807) is 0 Å². The summed E-state index contributed by atoms with van der Waals surface area (Å²) in [6, 6.07) is 13.7. The van der Waals surface area contributed by atoms with Gasteiger partial charge in [0.25, 0.3) is 0 Å². The van der Waals surface area contributed by atoms with Gasteiger partial charge in [-0.15, -0.1) is 0 Å². The van der Waals surface area contributed by atoms with Crippen molar-refractivity contribution in [1.82, 2.24) is 14.2 Å². The van der Waals surface area contributed by atoms with Crippen LogP contribution in [-0.2, 0) is 21.4 Å². The summed E-state index contributed by atoms with van der Waals surface area (Å²) in [6.07, 6.45) is 0.994. The van der Waals surface area contributed by atoms with Crippen LogP contribution in [0.3, 0.4) is 0 Å². The molecule has 4 rings (SSSR count). The van der Waals surface area contributed by atoms with Crippen LogP contribution in [0.25, 0.3) is 11.1 Å². The van der Waals surface area contributed by atoms with Crippen molar-refractivity contribution >= 4 is 27.0 Å². The lowest BCUT2D eigenvalue weighted by Gasteiger charge is -2.34. The Morgan fingerprint density at radius 2 is 1.79 bits per heavy atom. The van der Waals surface area contributed by atoms with Gasteiger partial charge in [0.1, 0.15) is 6.54 Å². The highest BCUT2D eigenvalue weighted by Crippen LogP contribution is 2.28. The molecule has 0 unspecified atom stereocenters. The molecule has 2 heterocycles. The third-order valence-corrected chi connectivity index (χ3v) is 7.92. The topological polar surface area (TPSA) is 102 Å². The molecule has 1 aliphatic rings. The molecule has 0 aliphatic carbocycles. The molecule has 1 fully saturated rings. The Bertz CT molecular complexity index is 1300. The minimum atomic E-state index is -3.71. The smallest absolute Gasteiger partial charge is 0.408 e. The van der Waals surface area contributed by atoms with Crippen molar-refractivity contribution in [3.05, 3.63) is 64.6 Å². The van der Waals surface area contributed by atoms with Crippen LogP contribution in [0, 0.1) is 11.8 Å². The van der Waals surface area contributed by atoms with Crippen LogP contribution in [0.4, 0.5) is 0 Å². The summed E-state index contributed by atoms with van der Waals surface area (Å²) < 4.78 is 34.4. The minimum Gasteiger partial charge on any atom is -0.408 e. The number of hydrogen-bond acceptors (Lipinski definition) is 5. The molecular weight excluding hydrogens is 442 g/mol. The molecule has 1 aliphatic heterocycles. The third kappa shape index (κ3) is 4.89. The van der Waals surface area contributed by atoms with E-state index < -0.39 is 15.8 Å². The lowest BCUT2D eigenvalue weighted by Crippen LogP contribution is -2.42. The Balaban J connectivity index is 1.55. The van der Waals surface area contributed by atoms with E-state index in [1.807, 2.05) is 51.1 Å². The normalized spacial score (nSPS) is 20.6. The number of rotatable bonds is 6. The number of amides is 1. The maximum absolute atomic E-state index is 13.2.